The quantitative estimate of drug-likeness (QED) is 0.747. The van der Waals surface area contributed by atoms with E-state index in [0.717, 1.165) is 32.1 Å². The van der Waals surface area contributed by atoms with Crippen LogP contribution >= 0.6 is 0 Å². The highest BCUT2D eigenvalue weighted by Gasteiger charge is 2.79. The maximum Gasteiger partial charge on any atom is 0.0994 e. The molecule has 0 aromatic heterocycles. The second-order valence-corrected chi connectivity index (χ2v) is 7.97. The lowest BCUT2D eigenvalue weighted by Gasteiger charge is -2.48. The summed E-state index contributed by atoms with van der Waals surface area (Å²) in [5, 5.41) is 20.9. The molecule has 102 valence electrons. The van der Waals surface area contributed by atoms with Crippen LogP contribution in [0, 0.1) is 22.7 Å². The van der Waals surface area contributed by atoms with Crippen molar-refractivity contribution >= 4 is 0 Å². The molecule has 1 saturated heterocycles. The average Bonchev–Trinajstić information content (AvgIpc) is 3.04. The molecule has 0 unspecified atom stereocenters. The van der Waals surface area contributed by atoms with Crippen LogP contribution in [0.3, 0.4) is 0 Å². The molecule has 2 bridgehead atoms. The summed E-state index contributed by atoms with van der Waals surface area (Å²) in [6.45, 7) is 5.15. The van der Waals surface area contributed by atoms with Crippen LogP contribution in [0.5, 0.6) is 0 Å². The number of rotatable bonds is 1. The highest BCUT2D eigenvalue weighted by Crippen LogP contribution is 2.75. The van der Waals surface area contributed by atoms with E-state index in [4.69, 9.17) is 4.74 Å². The van der Waals surface area contributed by atoms with Crippen LogP contribution in [0.4, 0.5) is 0 Å². The van der Waals surface area contributed by atoms with E-state index < -0.39 is 5.60 Å². The third-order valence-corrected chi connectivity index (χ3v) is 6.89. The zero-order valence-corrected chi connectivity index (χ0v) is 11.4. The average molecular weight is 252 g/mol. The van der Waals surface area contributed by atoms with Crippen molar-refractivity contribution in [3.63, 3.8) is 0 Å². The lowest BCUT2D eigenvalue weighted by Crippen LogP contribution is -2.56. The third-order valence-electron chi connectivity index (χ3n) is 6.89. The predicted molar refractivity (Wildman–Crippen MR) is 67.0 cm³/mol. The Morgan fingerprint density at radius 1 is 1.17 bits per heavy atom. The summed E-state index contributed by atoms with van der Waals surface area (Å²) in [4.78, 5) is 0. The highest BCUT2D eigenvalue weighted by molar-refractivity contribution is 5.28. The Morgan fingerprint density at radius 2 is 1.89 bits per heavy atom. The van der Waals surface area contributed by atoms with E-state index in [9.17, 15) is 10.2 Å². The minimum absolute atomic E-state index is 0.0159. The fourth-order valence-corrected chi connectivity index (χ4v) is 5.77. The minimum atomic E-state index is -0.613. The first-order chi connectivity index (χ1) is 8.38. The molecular formula is C15H24O3. The topological polar surface area (TPSA) is 49.7 Å². The van der Waals surface area contributed by atoms with E-state index in [1.165, 1.54) is 0 Å². The van der Waals surface area contributed by atoms with Crippen molar-refractivity contribution in [2.75, 3.05) is 13.2 Å². The van der Waals surface area contributed by atoms with Gasteiger partial charge < -0.3 is 14.9 Å². The van der Waals surface area contributed by atoms with Crippen LogP contribution in [-0.4, -0.2) is 34.6 Å². The molecule has 3 saturated carbocycles. The Morgan fingerprint density at radius 3 is 2.50 bits per heavy atom. The molecule has 2 N–H and O–H groups in total. The summed E-state index contributed by atoms with van der Waals surface area (Å²) in [5.41, 5.74) is -0.662. The van der Waals surface area contributed by atoms with Gasteiger partial charge in [0.25, 0.3) is 0 Å². The third kappa shape index (κ3) is 1.05. The van der Waals surface area contributed by atoms with Crippen LogP contribution in [0.1, 0.15) is 46.0 Å². The summed E-state index contributed by atoms with van der Waals surface area (Å²) in [6.07, 6.45) is 5.34. The molecule has 4 rings (SSSR count). The summed E-state index contributed by atoms with van der Waals surface area (Å²) in [5.74, 6) is 0.874. The number of fused-ring (bicyclic) bond motifs is 2. The fourth-order valence-electron chi connectivity index (χ4n) is 5.77. The van der Waals surface area contributed by atoms with Crippen molar-refractivity contribution in [2.24, 2.45) is 22.7 Å². The molecule has 0 aromatic carbocycles. The number of hydrogen-bond donors (Lipinski definition) is 2. The second-order valence-electron chi connectivity index (χ2n) is 7.97. The molecule has 18 heavy (non-hydrogen) atoms. The maximum atomic E-state index is 11.3. The standard InChI is InChI=1S/C15H24O3/c1-12(8-16)5-10-6-13(2)14(3-4-14)15(17,9-18-13)11(10)7-12/h10-11,16-17H,3-9H2,1-2H3/t10-,11-,12+,13+,15+/m0/s1. The van der Waals surface area contributed by atoms with Crippen molar-refractivity contribution in [1.82, 2.24) is 0 Å². The Bertz CT molecular complexity index is 405. The Balaban J connectivity index is 1.76. The van der Waals surface area contributed by atoms with Gasteiger partial charge in [0.1, 0.15) is 0 Å². The van der Waals surface area contributed by atoms with E-state index in [0.29, 0.717) is 18.4 Å². The minimum Gasteiger partial charge on any atom is -0.396 e. The molecule has 4 aliphatic rings. The van der Waals surface area contributed by atoms with Gasteiger partial charge in [-0.3, -0.25) is 0 Å². The lowest BCUT2D eigenvalue weighted by molar-refractivity contribution is -0.116. The number of hydrogen-bond acceptors (Lipinski definition) is 3. The van der Waals surface area contributed by atoms with Crippen LogP contribution in [0.2, 0.25) is 0 Å². The molecule has 3 heteroatoms. The smallest absolute Gasteiger partial charge is 0.0994 e. The van der Waals surface area contributed by atoms with E-state index in [1.807, 2.05) is 0 Å². The molecule has 4 fully saturated rings. The van der Waals surface area contributed by atoms with Crippen molar-refractivity contribution < 1.29 is 14.9 Å². The van der Waals surface area contributed by atoms with Gasteiger partial charge >= 0.3 is 0 Å². The number of aliphatic hydroxyl groups is 2. The molecule has 0 amide bonds. The summed E-state index contributed by atoms with van der Waals surface area (Å²) in [6, 6.07) is 0. The van der Waals surface area contributed by atoms with E-state index in [-0.39, 0.29) is 23.0 Å². The lowest BCUT2D eigenvalue weighted by atomic mass is 9.58. The molecule has 1 heterocycles. The van der Waals surface area contributed by atoms with Crippen molar-refractivity contribution in [3.8, 4) is 0 Å². The summed E-state index contributed by atoms with van der Waals surface area (Å²) >= 11 is 0. The van der Waals surface area contributed by atoms with Gasteiger partial charge in [0.05, 0.1) is 17.8 Å². The van der Waals surface area contributed by atoms with Gasteiger partial charge in [-0.25, -0.2) is 0 Å². The normalized spacial score (nSPS) is 60.0. The summed E-state index contributed by atoms with van der Waals surface area (Å²) in [7, 11) is 0. The van der Waals surface area contributed by atoms with Crippen molar-refractivity contribution in [2.45, 2.75) is 57.2 Å². The molecule has 5 atom stereocenters. The van der Waals surface area contributed by atoms with Crippen LogP contribution < -0.4 is 0 Å². The largest absolute Gasteiger partial charge is 0.396 e. The van der Waals surface area contributed by atoms with Gasteiger partial charge in [0.15, 0.2) is 0 Å². The monoisotopic (exact) mass is 252 g/mol. The SMILES string of the molecule is C[C@@]1(CO)C[C@H]2C[C@@]3(C)OC[C@@](O)([C@H]2C1)C31CC1. The molecule has 0 aromatic rings. The molecular weight excluding hydrogens is 228 g/mol. The highest BCUT2D eigenvalue weighted by atomic mass is 16.5. The van der Waals surface area contributed by atoms with Gasteiger partial charge in [0.2, 0.25) is 0 Å². The van der Waals surface area contributed by atoms with Crippen LogP contribution in [-0.2, 0) is 4.74 Å². The molecule has 3 aliphatic carbocycles. The van der Waals surface area contributed by atoms with Crippen molar-refractivity contribution in [1.29, 1.82) is 0 Å². The first-order valence-corrected chi connectivity index (χ1v) is 7.35. The first-order valence-electron chi connectivity index (χ1n) is 7.35. The molecule has 1 aliphatic heterocycles. The fraction of sp³-hybridized carbons (Fsp3) is 1.00. The predicted octanol–water partition coefficient (Wildman–Crippen LogP) is 1.72. The van der Waals surface area contributed by atoms with Crippen LogP contribution in [0.25, 0.3) is 0 Å². The van der Waals surface area contributed by atoms with Crippen LogP contribution in [0.15, 0.2) is 0 Å². The van der Waals surface area contributed by atoms with Gasteiger partial charge in [0, 0.05) is 12.0 Å². The van der Waals surface area contributed by atoms with Gasteiger partial charge in [-0.05, 0) is 56.3 Å². The molecule has 3 nitrogen and oxygen atoms in total. The Labute approximate surface area is 109 Å². The van der Waals surface area contributed by atoms with Crippen molar-refractivity contribution in [3.05, 3.63) is 0 Å². The van der Waals surface area contributed by atoms with E-state index in [2.05, 4.69) is 13.8 Å². The number of ether oxygens (including phenoxy) is 1. The van der Waals surface area contributed by atoms with Gasteiger partial charge in [-0.2, -0.15) is 0 Å². The van der Waals surface area contributed by atoms with Gasteiger partial charge in [-0.15, -0.1) is 0 Å². The van der Waals surface area contributed by atoms with Gasteiger partial charge in [-0.1, -0.05) is 6.92 Å². The number of aliphatic hydroxyl groups excluding tert-OH is 1. The zero-order valence-electron chi connectivity index (χ0n) is 11.4. The molecule has 1 spiro atoms. The first kappa shape index (κ1) is 11.7. The Hall–Kier alpha value is -0.120. The van der Waals surface area contributed by atoms with E-state index in [1.54, 1.807) is 0 Å². The maximum absolute atomic E-state index is 11.3. The zero-order chi connectivity index (χ0) is 12.8. The van der Waals surface area contributed by atoms with E-state index >= 15 is 0 Å². The molecule has 0 radical (unpaired) electrons. The summed E-state index contributed by atoms with van der Waals surface area (Å²) < 4.78 is 6.07. The Kier molecular flexibility index (Phi) is 1.93. The second kappa shape index (κ2) is 2.97.